The molecule has 0 spiro atoms. The average molecular weight is 1210 g/mol. The van der Waals surface area contributed by atoms with Gasteiger partial charge in [-0.2, -0.15) is 0 Å². The fraction of sp³-hybridized carbons (Fsp3) is 0.500. The van der Waals surface area contributed by atoms with Crippen molar-refractivity contribution in [3.8, 4) is 0 Å². The summed E-state index contributed by atoms with van der Waals surface area (Å²) in [6.07, 6.45) is -8.28. The number of benzene rings is 1. The standard InChI is InChI=1S/C42H54FN19O15P2S2/c1-19(2)27(59-25(63)10-56-60-47)38(65)58-22(4-3-9-48-41(46)66)37(64)57-21-7-5-20(6-8-21)11-70-42(67)55-18-71-32-31-24(75-40(32)62-17-54-29-34(45)50-15-52-36(29)62)13-73-78(68,80)76-30-23(12-72-79(69,81)77-31)74-39(26(30)43)61-16-53-28-33(44)49-14-51-35(28)61/h5-8,14-17,19,22-24,26-27,30-32,39-40H,3-4,9-13,18H2,1-2H3,(H,55,67)(H,57,64)(H,58,65)(H,59,63)(H,68,80)(H,69,81)(H2,44,49,51)(H2,45,50,52)(H3,46,48,66)/t22-,23+,24+,26+,27-,30+,31+,32+,39+,40+,78+,79+/m0/s1. The van der Waals surface area contributed by atoms with Gasteiger partial charge in [0.1, 0.15) is 86.2 Å². The Morgan fingerprint density at radius 2 is 1.44 bits per heavy atom. The van der Waals surface area contributed by atoms with E-state index in [2.05, 4.69) is 91.0 Å². The van der Waals surface area contributed by atoms with Crippen LogP contribution in [0.15, 0.2) is 54.7 Å². The number of anilines is 3. The SMILES string of the molecule is CC(C)[C@H](NC(=O)CN=[N+]=[N-])C(=O)N[C@@H](CCCNC(N)=O)C(=O)Nc1ccc(COC(=O)NCO[C@@H]2[C@@H]3O[P@](=O)(S)OC[C@H]4O[C@@H](n5cnc6c(N)ncnc65)[C@H](F)[C@@H]4O[P@](=O)(S)OC[C@H]3O[C@H]2n2cnc3c(N)ncnc32)cc1. The second-order valence-corrected chi connectivity index (χ2v) is 24.0. The Morgan fingerprint density at radius 3 is 2.05 bits per heavy atom. The third-order valence-electron chi connectivity index (χ3n) is 12.4. The number of amides is 6. The van der Waals surface area contributed by atoms with Crippen LogP contribution in [0.5, 0.6) is 0 Å². The minimum Gasteiger partial charge on any atom is -0.445 e. The smallest absolute Gasteiger partial charge is 0.409 e. The lowest BCUT2D eigenvalue weighted by molar-refractivity contribution is -0.131. The molecule has 8 rings (SSSR count). The Balaban J connectivity index is 0.918. The first-order valence-electron chi connectivity index (χ1n) is 24.3. The molecule has 6 amide bonds. The molecule has 7 heterocycles. The van der Waals surface area contributed by atoms with Crippen molar-refractivity contribution in [2.45, 2.75) is 94.5 Å². The van der Waals surface area contributed by atoms with Crippen LogP contribution >= 0.6 is 38.1 Å². The summed E-state index contributed by atoms with van der Waals surface area (Å²) in [7, 11) is 0. The van der Waals surface area contributed by atoms with Gasteiger partial charge in [0.25, 0.3) is 0 Å². The van der Waals surface area contributed by atoms with Gasteiger partial charge in [0.15, 0.2) is 41.6 Å². The summed E-state index contributed by atoms with van der Waals surface area (Å²) < 4.78 is 94.1. The number of nitrogens with two attached hydrogens (primary N) is 3. The number of aromatic nitrogens is 8. The van der Waals surface area contributed by atoms with E-state index in [9.17, 15) is 33.1 Å². The number of rotatable bonds is 19. The molecule has 0 radical (unpaired) electrons. The van der Waals surface area contributed by atoms with Crippen LogP contribution in [0.1, 0.15) is 44.7 Å². The molecule has 436 valence electrons. The number of fused-ring (bicyclic) bond motifs is 4. The predicted molar refractivity (Wildman–Crippen MR) is 285 cm³/mol. The Bertz CT molecular complexity index is 3270. The first kappa shape index (κ1) is 60.1. The molecule has 0 unspecified atom stereocenters. The first-order valence-corrected chi connectivity index (χ1v) is 29.7. The van der Waals surface area contributed by atoms with Crippen molar-refractivity contribution in [3.63, 3.8) is 0 Å². The van der Waals surface area contributed by atoms with Crippen LogP contribution in [0.25, 0.3) is 32.8 Å². The summed E-state index contributed by atoms with van der Waals surface area (Å²) in [6.45, 7) is -8.55. The predicted octanol–water partition coefficient (Wildman–Crippen LogP) is 2.45. The number of alkyl carbamates (subject to hydrolysis) is 1. The highest BCUT2D eigenvalue weighted by Crippen LogP contribution is 2.60. The van der Waals surface area contributed by atoms with E-state index >= 15 is 4.39 Å². The van der Waals surface area contributed by atoms with Crippen LogP contribution in [0.3, 0.4) is 0 Å². The lowest BCUT2D eigenvalue weighted by Gasteiger charge is -2.29. The van der Waals surface area contributed by atoms with E-state index < -0.39 is 137 Å². The topological polar surface area (TPSA) is 467 Å². The second kappa shape index (κ2) is 26.3. The van der Waals surface area contributed by atoms with Crippen molar-refractivity contribution in [2.75, 3.05) is 49.8 Å². The van der Waals surface area contributed by atoms with Gasteiger partial charge in [-0.05, 0) is 42.0 Å². The fourth-order valence-corrected chi connectivity index (χ4v) is 11.5. The number of nitrogen functional groups attached to an aromatic ring is 2. The summed E-state index contributed by atoms with van der Waals surface area (Å²) in [5, 5.41) is 15.9. The molecule has 11 N–H and O–H groups in total. The fourth-order valence-electron chi connectivity index (χ4n) is 8.57. The number of primary amides is 1. The molecule has 5 aromatic rings. The lowest BCUT2D eigenvalue weighted by Crippen LogP contribution is -2.55. The molecule has 3 fully saturated rings. The zero-order valence-electron chi connectivity index (χ0n) is 42.6. The minimum atomic E-state index is -4.56. The minimum absolute atomic E-state index is 0.00859. The molecule has 39 heteroatoms. The molecule has 1 aromatic carbocycles. The molecule has 34 nitrogen and oxygen atoms in total. The maximum atomic E-state index is 16.4. The van der Waals surface area contributed by atoms with Crippen LogP contribution in [-0.2, 0) is 67.2 Å². The van der Waals surface area contributed by atoms with Crippen molar-refractivity contribution in [3.05, 3.63) is 65.6 Å². The van der Waals surface area contributed by atoms with Crippen molar-refractivity contribution in [2.24, 2.45) is 16.8 Å². The monoisotopic (exact) mass is 1210 g/mol. The third kappa shape index (κ3) is 14.9. The number of imidazole rings is 2. The van der Waals surface area contributed by atoms with Crippen molar-refractivity contribution in [1.29, 1.82) is 0 Å². The van der Waals surface area contributed by atoms with Gasteiger partial charge < -0.3 is 57.4 Å². The molecule has 3 aliphatic heterocycles. The molecular formula is C42H54FN19O15P2S2. The van der Waals surface area contributed by atoms with E-state index in [1.807, 2.05) is 0 Å². The first-order chi connectivity index (χ1) is 38.6. The number of nitrogens with zero attached hydrogens (tertiary/aromatic N) is 11. The Kier molecular flexibility index (Phi) is 19.5. The van der Waals surface area contributed by atoms with E-state index in [0.29, 0.717) is 5.56 Å². The summed E-state index contributed by atoms with van der Waals surface area (Å²) in [4.78, 5) is 90.8. The van der Waals surface area contributed by atoms with E-state index in [1.54, 1.807) is 26.0 Å². The van der Waals surface area contributed by atoms with Crippen molar-refractivity contribution < 1.29 is 74.5 Å². The maximum Gasteiger partial charge on any atom is 0.409 e. The Labute approximate surface area is 467 Å². The van der Waals surface area contributed by atoms with Crippen LogP contribution in [0.4, 0.5) is 31.3 Å². The number of ether oxygens (including phenoxy) is 4. The van der Waals surface area contributed by atoms with E-state index in [1.165, 1.54) is 33.9 Å². The van der Waals surface area contributed by atoms with Crippen molar-refractivity contribution >= 4 is 108 Å². The van der Waals surface area contributed by atoms with Gasteiger partial charge in [0.05, 0.1) is 25.9 Å². The largest absolute Gasteiger partial charge is 0.445 e. The molecule has 12 atom stereocenters. The molecule has 4 aromatic heterocycles. The van der Waals surface area contributed by atoms with E-state index in [4.69, 9.17) is 59.8 Å². The second-order valence-electron chi connectivity index (χ2n) is 18.3. The summed E-state index contributed by atoms with van der Waals surface area (Å²) in [5.41, 5.74) is 27.0. The quantitative estimate of drug-likeness (QED) is 0.0108. The summed E-state index contributed by atoms with van der Waals surface area (Å²) in [5.74, 6) is -2.46. The average Bonchev–Trinajstić information content (AvgIpc) is 3.71. The van der Waals surface area contributed by atoms with Gasteiger partial charge in [-0.3, -0.25) is 46.9 Å². The van der Waals surface area contributed by atoms with E-state index in [0.717, 1.165) is 12.7 Å². The van der Waals surface area contributed by atoms with Gasteiger partial charge in [-0.15, -0.1) is 0 Å². The van der Waals surface area contributed by atoms with Gasteiger partial charge in [-0.25, -0.2) is 53.0 Å². The molecular weight excluding hydrogens is 1160 g/mol. The Morgan fingerprint density at radius 1 is 0.852 bits per heavy atom. The maximum absolute atomic E-state index is 16.4. The summed E-state index contributed by atoms with van der Waals surface area (Å²) in [6, 6.07) is 3.06. The zero-order valence-corrected chi connectivity index (χ0v) is 46.1. The molecule has 81 heavy (non-hydrogen) atoms. The highest BCUT2D eigenvalue weighted by Gasteiger charge is 2.55. The molecule has 0 saturated carbocycles. The molecule has 0 aliphatic carbocycles. The number of alkyl halides is 1. The number of hydrogen-bond donors (Lipinski definition) is 10. The number of carbonyl (C=O) groups is 5. The molecule has 0 bridgehead atoms. The van der Waals surface area contributed by atoms with E-state index in [-0.39, 0.29) is 65.6 Å². The molecule has 3 saturated heterocycles. The number of thiol groups is 2. The number of nitrogens with one attached hydrogen (secondary N) is 5. The Hall–Kier alpha value is -7.01. The highest BCUT2D eigenvalue weighted by molar-refractivity contribution is 8.44. The number of azide groups is 1. The number of halogens is 1. The van der Waals surface area contributed by atoms with Crippen LogP contribution in [0.2, 0.25) is 0 Å². The lowest BCUT2D eigenvalue weighted by atomic mass is 10.0. The van der Waals surface area contributed by atoms with Gasteiger partial charge >= 0.3 is 25.7 Å². The van der Waals surface area contributed by atoms with Crippen LogP contribution < -0.4 is 43.8 Å². The summed E-state index contributed by atoms with van der Waals surface area (Å²) >= 11 is 8.36. The number of hydrogen-bond acceptors (Lipinski definition) is 24. The third-order valence-corrected chi connectivity index (χ3v) is 15.6. The van der Waals surface area contributed by atoms with Crippen LogP contribution in [0, 0.1) is 5.92 Å². The molecule has 3 aliphatic rings. The normalized spacial score (nSPS) is 26.4. The highest BCUT2D eigenvalue weighted by atomic mass is 32.7. The van der Waals surface area contributed by atoms with Gasteiger partial charge in [0.2, 0.25) is 17.7 Å². The zero-order chi connectivity index (χ0) is 58.2. The number of carbonyl (C=O) groups excluding carboxylic acids is 5. The van der Waals surface area contributed by atoms with Crippen LogP contribution in [-0.4, -0.2) is 151 Å². The van der Waals surface area contributed by atoms with Gasteiger partial charge in [-0.1, -0.05) is 55.6 Å². The van der Waals surface area contributed by atoms with Crippen molar-refractivity contribution in [1.82, 2.24) is 60.3 Å². The number of urea groups is 1. The van der Waals surface area contributed by atoms with Gasteiger partial charge in [0, 0.05) is 17.1 Å².